The lowest BCUT2D eigenvalue weighted by atomic mass is 10.00. The molecule has 27 heavy (non-hydrogen) atoms. The maximum absolute atomic E-state index is 13.2. The fourth-order valence-electron chi connectivity index (χ4n) is 4.04. The summed E-state index contributed by atoms with van der Waals surface area (Å²) >= 11 is 0. The van der Waals surface area contributed by atoms with Gasteiger partial charge >= 0.3 is 0 Å². The fraction of sp³-hybridized carbons (Fsp3) is 0.524. The first-order chi connectivity index (χ1) is 13.0. The van der Waals surface area contributed by atoms with Crippen molar-refractivity contribution in [2.45, 2.75) is 32.9 Å². The second kappa shape index (κ2) is 7.54. The second-order valence-corrected chi connectivity index (χ2v) is 7.55. The van der Waals surface area contributed by atoms with Gasteiger partial charge in [-0.3, -0.25) is 14.7 Å². The van der Waals surface area contributed by atoms with Crippen molar-refractivity contribution < 1.29 is 14.3 Å². The molecule has 144 valence electrons. The molecule has 3 heterocycles. The number of pyridine rings is 1. The summed E-state index contributed by atoms with van der Waals surface area (Å²) in [5, 5.41) is 4.13. The first kappa shape index (κ1) is 18.3. The molecule has 0 aliphatic carbocycles. The smallest absolute Gasteiger partial charge is 0.252 e. The Kier molecular flexibility index (Phi) is 5.12. The Balaban J connectivity index is 1.60. The average molecular weight is 369 g/mol. The molecule has 0 radical (unpaired) electrons. The van der Waals surface area contributed by atoms with Gasteiger partial charge in [0, 0.05) is 24.2 Å². The van der Waals surface area contributed by atoms with Gasteiger partial charge in [0.05, 0.1) is 49.6 Å². The van der Waals surface area contributed by atoms with E-state index in [1.54, 1.807) is 0 Å². The molecule has 4 rings (SSSR count). The van der Waals surface area contributed by atoms with Crippen LogP contribution in [0.5, 0.6) is 0 Å². The van der Waals surface area contributed by atoms with Crippen LogP contribution in [-0.2, 0) is 9.47 Å². The molecule has 2 aliphatic heterocycles. The van der Waals surface area contributed by atoms with Gasteiger partial charge in [-0.15, -0.1) is 0 Å². The predicted molar refractivity (Wildman–Crippen MR) is 104 cm³/mol. The van der Waals surface area contributed by atoms with Gasteiger partial charge in [0.15, 0.2) is 0 Å². The average Bonchev–Trinajstić information content (AvgIpc) is 3.13. The number of nitrogens with zero attached hydrogens (tertiary/aromatic N) is 2. The van der Waals surface area contributed by atoms with E-state index >= 15 is 0 Å². The first-order valence-electron chi connectivity index (χ1n) is 9.62. The second-order valence-electron chi connectivity index (χ2n) is 7.55. The zero-order chi connectivity index (χ0) is 19.0. The number of hydrogen-bond donors (Lipinski definition) is 1. The highest BCUT2D eigenvalue weighted by atomic mass is 16.5. The van der Waals surface area contributed by atoms with E-state index in [9.17, 15) is 4.79 Å². The Morgan fingerprint density at radius 1 is 1.15 bits per heavy atom. The number of rotatable bonds is 3. The van der Waals surface area contributed by atoms with E-state index in [1.165, 1.54) is 5.56 Å². The quantitative estimate of drug-likeness (QED) is 0.896. The SMILES string of the molecule is Cc1cc(C(=O)NC2COCC2N2CCOCC2)c2ccc(C)c(C)c2n1. The summed E-state index contributed by atoms with van der Waals surface area (Å²) < 4.78 is 11.1. The van der Waals surface area contributed by atoms with Crippen molar-refractivity contribution in [1.29, 1.82) is 0 Å². The van der Waals surface area contributed by atoms with Crippen LogP contribution in [0.1, 0.15) is 27.2 Å². The predicted octanol–water partition coefficient (Wildman–Crippen LogP) is 1.99. The molecule has 1 N–H and O–H groups in total. The van der Waals surface area contributed by atoms with Gasteiger partial charge in [0.2, 0.25) is 0 Å². The van der Waals surface area contributed by atoms with Crippen molar-refractivity contribution in [3.05, 3.63) is 40.6 Å². The van der Waals surface area contributed by atoms with Crippen molar-refractivity contribution >= 4 is 16.8 Å². The Labute approximate surface area is 159 Å². The molecule has 1 aromatic heterocycles. The van der Waals surface area contributed by atoms with Crippen LogP contribution >= 0.6 is 0 Å². The van der Waals surface area contributed by atoms with Gasteiger partial charge in [-0.05, 0) is 38.0 Å². The first-order valence-corrected chi connectivity index (χ1v) is 9.62. The molecular formula is C21H27N3O3. The lowest BCUT2D eigenvalue weighted by Gasteiger charge is -2.34. The molecular weight excluding hydrogens is 342 g/mol. The Hall–Kier alpha value is -2.02. The topological polar surface area (TPSA) is 63.7 Å². The summed E-state index contributed by atoms with van der Waals surface area (Å²) in [4.78, 5) is 20.2. The summed E-state index contributed by atoms with van der Waals surface area (Å²) in [6.45, 7) is 10.5. The number of ether oxygens (including phenoxy) is 2. The van der Waals surface area contributed by atoms with Gasteiger partial charge in [0.1, 0.15) is 0 Å². The van der Waals surface area contributed by atoms with Crippen molar-refractivity contribution in [1.82, 2.24) is 15.2 Å². The number of aromatic nitrogens is 1. The van der Waals surface area contributed by atoms with Gasteiger partial charge in [-0.1, -0.05) is 12.1 Å². The largest absolute Gasteiger partial charge is 0.379 e. The van der Waals surface area contributed by atoms with E-state index in [0.29, 0.717) is 18.8 Å². The molecule has 6 nitrogen and oxygen atoms in total. The minimum Gasteiger partial charge on any atom is -0.379 e. The summed E-state index contributed by atoms with van der Waals surface area (Å²) in [7, 11) is 0. The normalized spacial score (nSPS) is 23.7. The number of nitrogens with one attached hydrogen (secondary N) is 1. The van der Waals surface area contributed by atoms with Crippen molar-refractivity contribution in [3.63, 3.8) is 0 Å². The molecule has 2 aromatic rings. The van der Waals surface area contributed by atoms with E-state index in [1.807, 2.05) is 19.1 Å². The van der Waals surface area contributed by atoms with Gasteiger partial charge in [-0.25, -0.2) is 0 Å². The number of benzene rings is 1. The Morgan fingerprint density at radius 2 is 1.93 bits per heavy atom. The van der Waals surface area contributed by atoms with Crippen LogP contribution in [-0.4, -0.2) is 67.4 Å². The zero-order valence-corrected chi connectivity index (χ0v) is 16.2. The molecule has 2 aliphatic rings. The van der Waals surface area contributed by atoms with E-state index in [-0.39, 0.29) is 18.0 Å². The molecule has 2 unspecified atom stereocenters. The maximum Gasteiger partial charge on any atom is 0.252 e. The van der Waals surface area contributed by atoms with Crippen LogP contribution in [0.4, 0.5) is 0 Å². The number of aryl methyl sites for hydroxylation is 3. The molecule has 1 aromatic carbocycles. The monoisotopic (exact) mass is 369 g/mol. The summed E-state index contributed by atoms with van der Waals surface area (Å²) in [5.41, 5.74) is 4.76. The van der Waals surface area contributed by atoms with Crippen molar-refractivity contribution in [2.75, 3.05) is 39.5 Å². The van der Waals surface area contributed by atoms with Crippen LogP contribution in [0.15, 0.2) is 18.2 Å². The van der Waals surface area contributed by atoms with Gasteiger partial charge in [0.25, 0.3) is 5.91 Å². The van der Waals surface area contributed by atoms with Crippen molar-refractivity contribution in [3.8, 4) is 0 Å². The summed E-state index contributed by atoms with van der Waals surface area (Å²) in [5.74, 6) is -0.0532. The highest BCUT2D eigenvalue weighted by Gasteiger charge is 2.35. The van der Waals surface area contributed by atoms with Gasteiger partial charge < -0.3 is 14.8 Å². The minimum absolute atomic E-state index is 0.00864. The number of fused-ring (bicyclic) bond motifs is 1. The molecule has 0 bridgehead atoms. The van der Waals surface area contributed by atoms with Crippen LogP contribution in [0.25, 0.3) is 10.9 Å². The van der Waals surface area contributed by atoms with Crippen LogP contribution in [0.2, 0.25) is 0 Å². The third-order valence-corrected chi connectivity index (χ3v) is 5.76. The maximum atomic E-state index is 13.2. The number of hydrogen-bond acceptors (Lipinski definition) is 5. The molecule has 0 spiro atoms. The number of carbonyl (C=O) groups is 1. The van der Waals surface area contributed by atoms with E-state index < -0.39 is 0 Å². The molecule has 2 saturated heterocycles. The lowest BCUT2D eigenvalue weighted by molar-refractivity contribution is 0.0108. The highest BCUT2D eigenvalue weighted by molar-refractivity contribution is 6.07. The van der Waals surface area contributed by atoms with Crippen molar-refractivity contribution in [2.24, 2.45) is 0 Å². The molecule has 2 fully saturated rings. The number of carbonyl (C=O) groups excluding carboxylic acids is 1. The van der Waals surface area contributed by atoms with E-state index in [2.05, 4.69) is 35.1 Å². The zero-order valence-electron chi connectivity index (χ0n) is 16.2. The fourth-order valence-corrected chi connectivity index (χ4v) is 4.04. The Morgan fingerprint density at radius 3 is 2.70 bits per heavy atom. The summed E-state index contributed by atoms with van der Waals surface area (Å²) in [6, 6.07) is 6.14. The third-order valence-electron chi connectivity index (χ3n) is 5.76. The van der Waals surface area contributed by atoms with Crippen LogP contribution < -0.4 is 5.32 Å². The van der Waals surface area contributed by atoms with Gasteiger partial charge in [-0.2, -0.15) is 0 Å². The number of amides is 1. The molecule has 2 atom stereocenters. The summed E-state index contributed by atoms with van der Waals surface area (Å²) in [6.07, 6.45) is 0. The van der Waals surface area contributed by atoms with E-state index in [0.717, 1.165) is 48.5 Å². The Bertz CT molecular complexity index is 861. The molecule has 6 heteroatoms. The van der Waals surface area contributed by atoms with E-state index in [4.69, 9.17) is 9.47 Å². The third kappa shape index (κ3) is 3.57. The molecule has 0 saturated carbocycles. The molecule has 1 amide bonds. The lowest BCUT2D eigenvalue weighted by Crippen LogP contribution is -2.54. The number of morpholine rings is 1. The highest BCUT2D eigenvalue weighted by Crippen LogP contribution is 2.24. The minimum atomic E-state index is -0.0532. The van der Waals surface area contributed by atoms with Crippen LogP contribution in [0.3, 0.4) is 0 Å². The standard InChI is InChI=1S/C21H27N3O3/c1-13-4-5-16-17(10-14(2)22-20(16)15(13)3)21(25)23-18-11-27-12-19(18)24-6-8-26-9-7-24/h4-5,10,18-19H,6-9,11-12H2,1-3H3,(H,23,25). The van der Waals surface area contributed by atoms with Crippen LogP contribution in [0, 0.1) is 20.8 Å².